The summed E-state index contributed by atoms with van der Waals surface area (Å²) < 4.78 is 37.5. The second-order valence-electron chi connectivity index (χ2n) is 6.85. The van der Waals surface area contributed by atoms with Crippen molar-refractivity contribution < 1.29 is 22.4 Å². The van der Waals surface area contributed by atoms with Gasteiger partial charge in [0, 0.05) is 11.6 Å². The number of rotatable bonds is 3. The Hall–Kier alpha value is -2.74. The molecule has 8 heteroatoms. The Bertz CT molecular complexity index is 1030. The highest BCUT2D eigenvalue weighted by Gasteiger charge is 2.37. The van der Waals surface area contributed by atoms with E-state index in [0.29, 0.717) is 12.1 Å². The second-order valence-corrected chi connectivity index (χ2v) is 8.81. The Morgan fingerprint density at radius 2 is 1.85 bits per heavy atom. The van der Waals surface area contributed by atoms with Crippen molar-refractivity contribution in [2.75, 3.05) is 16.4 Å². The van der Waals surface area contributed by atoms with Crippen LogP contribution in [0.2, 0.25) is 0 Å². The summed E-state index contributed by atoms with van der Waals surface area (Å²) in [5.74, 6) is -1.92. The average Bonchev–Trinajstić information content (AvgIpc) is 2.55. The Morgan fingerprint density at radius 3 is 2.52 bits per heavy atom. The van der Waals surface area contributed by atoms with Gasteiger partial charge < -0.3 is 10.6 Å². The van der Waals surface area contributed by atoms with E-state index in [1.54, 1.807) is 18.2 Å². The Balaban J connectivity index is 1.52. The van der Waals surface area contributed by atoms with Crippen LogP contribution in [-0.4, -0.2) is 26.0 Å². The van der Waals surface area contributed by atoms with Crippen molar-refractivity contribution in [1.29, 1.82) is 0 Å². The molecule has 140 valence electrons. The van der Waals surface area contributed by atoms with Gasteiger partial charge in [-0.1, -0.05) is 12.1 Å². The highest BCUT2D eigenvalue weighted by molar-refractivity contribution is 7.92. The smallest absolute Gasteiger partial charge is 0.239 e. The molecule has 0 aromatic heterocycles. The number of hydrogen-bond acceptors (Lipinski definition) is 4. The second kappa shape index (κ2) is 6.45. The van der Waals surface area contributed by atoms with Gasteiger partial charge in [-0.15, -0.1) is 0 Å². The van der Waals surface area contributed by atoms with E-state index in [1.807, 2.05) is 0 Å². The van der Waals surface area contributed by atoms with Gasteiger partial charge in [-0.2, -0.15) is 0 Å². The molecule has 0 spiro atoms. The van der Waals surface area contributed by atoms with Crippen LogP contribution in [0.25, 0.3) is 0 Å². The summed E-state index contributed by atoms with van der Waals surface area (Å²) in [6, 6.07) is 10.5. The van der Waals surface area contributed by atoms with Crippen LogP contribution in [0.1, 0.15) is 24.3 Å². The van der Waals surface area contributed by atoms with Gasteiger partial charge in [0.15, 0.2) is 9.84 Å². The molecule has 2 aromatic carbocycles. The summed E-state index contributed by atoms with van der Waals surface area (Å²) >= 11 is 0. The lowest BCUT2D eigenvalue weighted by Crippen LogP contribution is -2.35. The maximum atomic E-state index is 13.1. The number of nitrogens with one attached hydrogen (secondary N) is 2. The van der Waals surface area contributed by atoms with Gasteiger partial charge in [0.2, 0.25) is 11.8 Å². The largest absolute Gasteiger partial charge is 0.326 e. The lowest BCUT2D eigenvalue weighted by molar-refractivity contribution is -0.123. The molecule has 1 aliphatic heterocycles. The molecule has 0 saturated heterocycles. The van der Waals surface area contributed by atoms with Crippen LogP contribution >= 0.6 is 0 Å². The minimum Gasteiger partial charge on any atom is -0.326 e. The van der Waals surface area contributed by atoms with Gasteiger partial charge in [-0.25, -0.2) is 12.8 Å². The summed E-state index contributed by atoms with van der Waals surface area (Å²) in [5.41, 5.74) is 1.50. The molecule has 1 aliphatic carbocycles. The summed E-state index contributed by atoms with van der Waals surface area (Å²) in [6.07, 6.45) is 1.56. The molecular weight excluding hydrogens is 371 g/mol. The van der Waals surface area contributed by atoms with E-state index in [-0.39, 0.29) is 34.1 Å². The van der Waals surface area contributed by atoms with Crippen LogP contribution < -0.4 is 10.6 Å². The molecule has 2 unspecified atom stereocenters. The Morgan fingerprint density at radius 1 is 1.11 bits per heavy atom. The normalized spacial score (nSPS) is 22.9. The van der Waals surface area contributed by atoms with Crippen molar-refractivity contribution in [2.24, 2.45) is 5.92 Å². The molecule has 27 heavy (non-hydrogen) atoms. The fraction of sp³-hybridized carbons (Fsp3) is 0.263. The predicted molar refractivity (Wildman–Crippen MR) is 97.6 cm³/mol. The number of carbonyl (C=O) groups excluding carboxylic acids is 2. The Labute approximate surface area is 155 Å². The number of fused-ring (bicyclic) bond motifs is 1. The zero-order chi connectivity index (χ0) is 19.2. The first-order chi connectivity index (χ1) is 12.8. The predicted octanol–water partition coefficient (Wildman–Crippen LogP) is 2.68. The van der Waals surface area contributed by atoms with Crippen LogP contribution in [0.5, 0.6) is 0 Å². The average molecular weight is 388 g/mol. The number of anilines is 2. The van der Waals surface area contributed by atoms with E-state index in [1.165, 1.54) is 24.3 Å². The van der Waals surface area contributed by atoms with Crippen molar-refractivity contribution in [1.82, 2.24) is 0 Å². The topological polar surface area (TPSA) is 92.3 Å². The van der Waals surface area contributed by atoms with Crippen LogP contribution in [0.3, 0.4) is 0 Å². The van der Waals surface area contributed by atoms with E-state index in [0.717, 1.165) is 12.0 Å². The molecule has 2 atom stereocenters. The minimum absolute atomic E-state index is 0.00333. The number of hydrogen-bond donors (Lipinski definition) is 2. The van der Waals surface area contributed by atoms with Crippen molar-refractivity contribution in [3.05, 3.63) is 53.8 Å². The summed E-state index contributed by atoms with van der Waals surface area (Å²) in [7, 11) is -3.72. The van der Waals surface area contributed by atoms with Crippen molar-refractivity contribution in [3.8, 4) is 0 Å². The number of amides is 2. The molecule has 0 radical (unpaired) electrons. The van der Waals surface area contributed by atoms with Gasteiger partial charge >= 0.3 is 0 Å². The van der Waals surface area contributed by atoms with Crippen LogP contribution in [0.4, 0.5) is 15.8 Å². The number of carbonyl (C=O) groups is 2. The summed E-state index contributed by atoms with van der Waals surface area (Å²) in [4.78, 5) is 24.1. The standard InChI is InChI=1S/C19H17FN2O4S/c20-12-3-1-11(2-4-12)14-6-7-15(14)19(24)21-13-5-8-16-17(9-13)27(25,26)10-18(23)22-16/h1-5,8-9,14-15H,6-7,10H2,(H,21,24)(H,22,23). The number of benzene rings is 2. The zero-order valence-corrected chi connectivity index (χ0v) is 15.1. The molecule has 4 rings (SSSR count). The molecule has 0 bridgehead atoms. The SMILES string of the molecule is O=C1CS(=O)(=O)c2cc(NC(=O)C3CCC3c3ccc(F)cc3)ccc2N1. The Kier molecular flexibility index (Phi) is 4.22. The highest BCUT2D eigenvalue weighted by Crippen LogP contribution is 2.43. The molecule has 1 saturated carbocycles. The van der Waals surface area contributed by atoms with Crippen molar-refractivity contribution in [3.63, 3.8) is 0 Å². The van der Waals surface area contributed by atoms with Gasteiger partial charge in [0.05, 0.1) is 10.6 Å². The van der Waals surface area contributed by atoms with Gasteiger partial charge in [0.25, 0.3) is 0 Å². The van der Waals surface area contributed by atoms with E-state index < -0.39 is 21.5 Å². The molecule has 2 N–H and O–H groups in total. The fourth-order valence-corrected chi connectivity index (χ4v) is 4.89. The van der Waals surface area contributed by atoms with Crippen molar-refractivity contribution in [2.45, 2.75) is 23.7 Å². The molecule has 6 nitrogen and oxygen atoms in total. The first-order valence-electron chi connectivity index (χ1n) is 8.56. The van der Waals surface area contributed by atoms with Crippen LogP contribution in [0.15, 0.2) is 47.4 Å². The fourth-order valence-electron chi connectivity index (χ4n) is 3.56. The van der Waals surface area contributed by atoms with Crippen molar-refractivity contribution >= 4 is 33.0 Å². The van der Waals surface area contributed by atoms with E-state index in [4.69, 9.17) is 0 Å². The van der Waals surface area contributed by atoms with E-state index in [2.05, 4.69) is 10.6 Å². The van der Waals surface area contributed by atoms with Crippen LogP contribution in [-0.2, 0) is 19.4 Å². The highest BCUT2D eigenvalue weighted by atomic mass is 32.2. The first kappa shape index (κ1) is 17.7. The lowest BCUT2D eigenvalue weighted by atomic mass is 9.69. The zero-order valence-electron chi connectivity index (χ0n) is 14.2. The van der Waals surface area contributed by atoms with Crippen LogP contribution in [0, 0.1) is 11.7 Å². The maximum absolute atomic E-state index is 13.1. The van der Waals surface area contributed by atoms with Gasteiger partial charge in [-0.3, -0.25) is 9.59 Å². The third-order valence-electron chi connectivity index (χ3n) is 5.09. The summed E-state index contributed by atoms with van der Waals surface area (Å²) in [5, 5.41) is 5.28. The van der Waals surface area contributed by atoms with E-state index >= 15 is 0 Å². The molecule has 2 aliphatic rings. The van der Waals surface area contributed by atoms with Gasteiger partial charge in [-0.05, 0) is 54.7 Å². The summed E-state index contributed by atoms with van der Waals surface area (Å²) in [6.45, 7) is 0. The van der Waals surface area contributed by atoms with E-state index in [9.17, 15) is 22.4 Å². The molecular formula is C19H17FN2O4S. The number of halogens is 1. The number of sulfone groups is 1. The maximum Gasteiger partial charge on any atom is 0.239 e. The molecule has 1 fully saturated rings. The van der Waals surface area contributed by atoms with Gasteiger partial charge in [0.1, 0.15) is 11.6 Å². The minimum atomic E-state index is -3.72. The monoisotopic (exact) mass is 388 g/mol. The third-order valence-corrected chi connectivity index (χ3v) is 6.74. The lowest BCUT2D eigenvalue weighted by Gasteiger charge is -2.35. The molecule has 2 amide bonds. The molecule has 2 aromatic rings. The first-order valence-corrected chi connectivity index (χ1v) is 10.2. The molecule has 1 heterocycles. The third kappa shape index (κ3) is 3.32. The quantitative estimate of drug-likeness (QED) is 0.846.